The molecule has 0 amide bonds. The lowest BCUT2D eigenvalue weighted by molar-refractivity contribution is 0.00506. The number of nitrogens with zero attached hydrogens (tertiary/aromatic N) is 2. The number of benzene rings is 1. The van der Waals surface area contributed by atoms with Crippen molar-refractivity contribution in [3.05, 3.63) is 48.3 Å². The van der Waals surface area contributed by atoms with Gasteiger partial charge in [-0.1, -0.05) is 24.3 Å². The quantitative estimate of drug-likeness (QED) is 0.909. The van der Waals surface area contributed by atoms with E-state index in [9.17, 15) is 0 Å². The molecule has 3 rings (SSSR count). The normalized spacial score (nSPS) is 19.9. The van der Waals surface area contributed by atoms with E-state index in [0.29, 0.717) is 11.7 Å². The molecule has 2 N–H and O–H groups in total. The van der Waals surface area contributed by atoms with Crippen LogP contribution in [-0.2, 0) is 4.74 Å². The van der Waals surface area contributed by atoms with Crippen LogP contribution in [0.3, 0.4) is 0 Å². The van der Waals surface area contributed by atoms with Gasteiger partial charge in [-0.25, -0.2) is 0 Å². The van der Waals surface area contributed by atoms with E-state index in [-0.39, 0.29) is 0 Å². The van der Waals surface area contributed by atoms with E-state index >= 15 is 0 Å². The second kappa shape index (κ2) is 5.61. The molecule has 0 bridgehead atoms. The predicted molar refractivity (Wildman–Crippen MR) is 80.3 cm³/mol. The van der Waals surface area contributed by atoms with Crippen LogP contribution in [0.4, 0.5) is 5.69 Å². The lowest BCUT2D eigenvalue weighted by atomic mass is 10.00. The molecule has 1 aliphatic rings. The van der Waals surface area contributed by atoms with Crippen molar-refractivity contribution in [1.82, 2.24) is 9.88 Å². The fourth-order valence-electron chi connectivity index (χ4n) is 2.59. The molecule has 1 aromatic heterocycles. The maximum atomic E-state index is 5.96. The lowest BCUT2D eigenvalue weighted by Gasteiger charge is -2.32. The first-order valence-corrected chi connectivity index (χ1v) is 6.83. The van der Waals surface area contributed by atoms with Crippen LogP contribution in [0.2, 0.25) is 0 Å². The molecular weight excluding hydrogens is 250 g/mol. The number of aromatic nitrogens is 1. The standard InChI is InChI=1S/C16H19N3O/c1-19-8-9-20-11-16(19)13-4-2-12(3-5-13)14-6-7-18-10-15(14)17/h2-7,10,16H,8-9,11,17H2,1H3. The molecule has 1 saturated heterocycles. The van der Waals surface area contributed by atoms with Gasteiger partial charge in [0, 0.05) is 18.3 Å². The van der Waals surface area contributed by atoms with Crippen LogP contribution >= 0.6 is 0 Å². The Morgan fingerprint density at radius 1 is 1.25 bits per heavy atom. The summed E-state index contributed by atoms with van der Waals surface area (Å²) in [5, 5.41) is 0. The largest absolute Gasteiger partial charge is 0.397 e. The molecule has 2 aromatic rings. The Hall–Kier alpha value is -1.91. The summed E-state index contributed by atoms with van der Waals surface area (Å²) in [7, 11) is 2.14. The minimum atomic E-state index is 0.340. The number of nitrogens with two attached hydrogens (primary N) is 1. The summed E-state index contributed by atoms with van der Waals surface area (Å²) < 4.78 is 5.57. The van der Waals surface area contributed by atoms with Gasteiger partial charge in [0.2, 0.25) is 0 Å². The van der Waals surface area contributed by atoms with Crippen molar-refractivity contribution in [2.45, 2.75) is 6.04 Å². The Labute approximate surface area is 119 Å². The first kappa shape index (κ1) is 13.1. The first-order chi connectivity index (χ1) is 9.75. The Bertz CT molecular complexity index is 583. The average Bonchev–Trinajstić information content (AvgIpc) is 2.49. The highest BCUT2D eigenvalue weighted by Crippen LogP contribution is 2.28. The van der Waals surface area contributed by atoms with Gasteiger partial charge in [-0.05, 0) is 24.2 Å². The number of ether oxygens (including phenoxy) is 1. The molecule has 4 heteroatoms. The Morgan fingerprint density at radius 2 is 2.05 bits per heavy atom. The van der Waals surface area contributed by atoms with Gasteiger partial charge in [-0.15, -0.1) is 0 Å². The molecule has 1 fully saturated rings. The number of anilines is 1. The molecule has 104 valence electrons. The topological polar surface area (TPSA) is 51.4 Å². The molecule has 4 nitrogen and oxygen atoms in total. The second-order valence-electron chi connectivity index (χ2n) is 5.16. The van der Waals surface area contributed by atoms with Gasteiger partial charge in [0.1, 0.15) is 0 Å². The third-order valence-corrected chi connectivity index (χ3v) is 3.85. The van der Waals surface area contributed by atoms with E-state index in [1.54, 1.807) is 12.4 Å². The van der Waals surface area contributed by atoms with Crippen LogP contribution in [0.1, 0.15) is 11.6 Å². The SMILES string of the molecule is CN1CCOCC1c1ccc(-c2ccncc2N)cc1. The predicted octanol–water partition coefficient (Wildman–Crippen LogP) is 2.33. The van der Waals surface area contributed by atoms with E-state index in [1.807, 2.05) is 6.07 Å². The van der Waals surface area contributed by atoms with Gasteiger partial charge in [0.15, 0.2) is 0 Å². The molecule has 1 aromatic carbocycles. The number of hydrogen-bond donors (Lipinski definition) is 1. The first-order valence-electron chi connectivity index (χ1n) is 6.83. The van der Waals surface area contributed by atoms with Gasteiger partial charge < -0.3 is 10.5 Å². The van der Waals surface area contributed by atoms with Crippen molar-refractivity contribution in [2.75, 3.05) is 32.5 Å². The average molecular weight is 269 g/mol. The summed E-state index contributed by atoms with van der Waals surface area (Å²) in [6.07, 6.45) is 3.45. The molecule has 0 saturated carbocycles. The fourth-order valence-corrected chi connectivity index (χ4v) is 2.59. The second-order valence-corrected chi connectivity index (χ2v) is 5.16. The molecule has 1 aliphatic heterocycles. The van der Waals surface area contributed by atoms with Crippen LogP contribution in [0.25, 0.3) is 11.1 Å². The van der Waals surface area contributed by atoms with Crippen LogP contribution in [0.5, 0.6) is 0 Å². The minimum absolute atomic E-state index is 0.340. The molecular formula is C16H19N3O. The highest BCUT2D eigenvalue weighted by Gasteiger charge is 2.21. The van der Waals surface area contributed by atoms with E-state index < -0.39 is 0 Å². The summed E-state index contributed by atoms with van der Waals surface area (Å²) in [5.41, 5.74) is 10.1. The van der Waals surface area contributed by atoms with E-state index in [1.165, 1.54) is 5.56 Å². The van der Waals surface area contributed by atoms with E-state index in [4.69, 9.17) is 10.5 Å². The zero-order chi connectivity index (χ0) is 13.9. The minimum Gasteiger partial charge on any atom is -0.397 e. The molecule has 20 heavy (non-hydrogen) atoms. The zero-order valence-corrected chi connectivity index (χ0v) is 11.6. The summed E-state index contributed by atoms with van der Waals surface area (Å²) in [6, 6.07) is 10.8. The summed E-state index contributed by atoms with van der Waals surface area (Å²) >= 11 is 0. The smallest absolute Gasteiger partial charge is 0.0664 e. The number of morpholine rings is 1. The summed E-state index contributed by atoms with van der Waals surface area (Å²) in [6.45, 7) is 2.55. The van der Waals surface area contributed by atoms with Crippen molar-refractivity contribution in [3.8, 4) is 11.1 Å². The van der Waals surface area contributed by atoms with Gasteiger partial charge >= 0.3 is 0 Å². The maximum Gasteiger partial charge on any atom is 0.0664 e. The zero-order valence-electron chi connectivity index (χ0n) is 11.6. The number of nitrogen functional groups attached to an aromatic ring is 1. The van der Waals surface area contributed by atoms with Crippen LogP contribution < -0.4 is 5.73 Å². The third kappa shape index (κ3) is 2.53. The van der Waals surface area contributed by atoms with Crippen molar-refractivity contribution >= 4 is 5.69 Å². The Morgan fingerprint density at radius 3 is 2.75 bits per heavy atom. The molecule has 0 aliphatic carbocycles. The highest BCUT2D eigenvalue weighted by molar-refractivity contribution is 5.75. The van der Waals surface area contributed by atoms with Crippen molar-refractivity contribution < 1.29 is 4.74 Å². The summed E-state index contributed by atoms with van der Waals surface area (Å²) in [4.78, 5) is 6.36. The monoisotopic (exact) mass is 269 g/mol. The van der Waals surface area contributed by atoms with Crippen LogP contribution in [0, 0.1) is 0 Å². The Kier molecular flexibility index (Phi) is 3.67. The van der Waals surface area contributed by atoms with E-state index in [0.717, 1.165) is 30.9 Å². The van der Waals surface area contributed by atoms with Crippen molar-refractivity contribution in [1.29, 1.82) is 0 Å². The van der Waals surface area contributed by atoms with Gasteiger partial charge in [-0.2, -0.15) is 0 Å². The van der Waals surface area contributed by atoms with Crippen LogP contribution in [-0.4, -0.2) is 36.7 Å². The van der Waals surface area contributed by atoms with Gasteiger partial charge in [0.05, 0.1) is 31.1 Å². The number of hydrogen-bond acceptors (Lipinski definition) is 4. The number of likely N-dealkylation sites (N-methyl/N-ethyl adjacent to an activating group) is 1. The Balaban J connectivity index is 1.86. The number of rotatable bonds is 2. The van der Waals surface area contributed by atoms with Gasteiger partial charge in [0.25, 0.3) is 0 Å². The number of pyridine rings is 1. The molecule has 2 heterocycles. The molecule has 0 radical (unpaired) electrons. The van der Waals surface area contributed by atoms with Crippen molar-refractivity contribution in [3.63, 3.8) is 0 Å². The molecule has 0 spiro atoms. The van der Waals surface area contributed by atoms with Gasteiger partial charge in [-0.3, -0.25) is 9.88 Å². The van der Waals surface area contributed by atoms with Crippen molar-refractivity contribution in [2.24, 2.45) is 0 Å². The fraction of sp³-hybridized carbons (Fsp3) is 0.312. The van der Waals surface area contributed by atoms with E-state index in [2.05, 4.69) is 41.2 Å². The third-order valence-electron chi connectivity index (χ3n) is 3.85. The lowest BCUT2D eigenvalue weighted by Crippen LogP contribution is -2.36. The molecule has 1 unspecified atom stereocenters. The molecule has 1 atom stereocenters. The highest BCUT2D eigenvalue weighted by atomic mass is 16.5. The maximum absolute atomic E-state index is 5.96. The summed E-state index contributed by atoms with van der Waals surface area (Å²) in [5.74, 6) is 0. The van der Waals surface area contributed by atoms with Crippen LogP contribution in [0.15, 0.2) is 42.7 Å².